The van der Waals surface area contributed by atoms with Crippen LogP contribution >= 0.6 is 15.9 Å². The quantitative estimate of drug-likeness (QED) is 0.649. The van der Waals surface area contributed by atoms with Crippen molar-refractivity contribution in [1.82, 2.24) is 15.2 Å². The third-order valence-corrected chi connectivity index (χ3v) is 3.57. The molecule has 3 rings (SSSR count). The van der Waals surface area contributed by atoms with Crippen molar-refractivity contribution in [2.24, 2.45) is 0 Å². The first-order valence-electron chi connectivity index (χ1n) is 7.45. The van der Waals surface area contributed by atoms with E-state index in [1.54, 1.807) is 6.20 Å². The predicted molar refractivity (Wildman–Crippen MR) is 98.1 cm³/mol. The topological polar surface area (TPSA) is 72.0 Å². The minimum atomic E-state index is 0.416. The molecular weight excluding hydrogens is 370 g/mol. The summed E-state index contributed by atoms with van der Waals surface area (Å²) in [7, 11) is 0. The van der Waals surface area contributed by atoms with Gasteiger partial charge in [0.05, 0.1) is 12.8 Å². The fourth-order valence-corrected chi connectivity index (χ4v) is 2.46. The third kappa shape index (κ3) is 4.42. The van der Waals surface area contributed by atoms with Gasteiger partial charge in [-0.2, -0.15) is 10.1 Å². The second kappa shape index (κ2) is 7.74. The average Bonchev–Trinajstić information content (AvgIpc) is 2.57. The van der Waals surface area contributed by atoms with Crippen LogP contribution in [0.2, 0.25) is 0 Å². The van der Waals surface area contributed by atoms with Crippen LogP contribution in [0.5, 0.6) is 5.75 Å². The summed E-state index contributed by atoms with van der Waals surface area (Å²) in [4.78, 5) is 4.41. The Balaban J connectivity index is 1.70. The molecule has 0 aliphatic rings. The van der Waals surface area contributed by atoms with Crippen LogP contribution in [0, 0.1) is 0 Å². The van der Waals surface area contributed by atoms with Crippen LogP contribution < -0.4 is 15.4 Å². The van der Waals surface area contributed by atoms with E-state index in [-0.39, 0.29) is 0 Å². The first kappa shape index (κ1) is 16.2. The molecule has 6 nitrogen and oxygen atoms in total. The number of nitrogens with one attached hydrogen (secondary N) is 2. The number of benzene rings is 2. The van der Waals surface area contributed by atoms with Gasteiger partial charge in [0.25, 0.3) is 0 Å². The van der Waals surface area contributed by atoms with Gasteiger partial charge in [-0.05, 0) is 49.4 Å². The predicted octanol–water partition coefficient (Wildman–Crippen LogP) is 4.52. The molecule has 0 radical (unpaired) electrons. The molecule has 24 heavy (non-hydrogen) atoms. The maximum absolute atomic E-state index is 5.42. The standard InChI is InChI=1S/C17H16BrN5O/c1-2-24-15-8-6-13(7-9-15)21-17-22-16(11-19-23-17)20-14-5-3-4-12(18)10-14/h3-11H,2H2,1H3,(H2,20,21,22,23). The Kier molecular flexibility index (Phi) is 5.22. The van der Waals surface area contributed by atoms with Crippen LogP contribution in [0.25, 0.3) is 0 Å². The van der Waals surface area contributed by atoms with E-state index in [0.29, 0.717) is 18.4 Å². The fourth-order valence-electron chi connectivity index (χ4n) is 2.06. The van der Waals surface area contributed by atoms with Crippen molar-refractivity contribution in [3.05, 3.63) is 59.2 Å². The molecular formula is C17H16BrN5O. The molecule has 1 heterocycles. The molecule has 0 bridgehead atoms. The van der Waals surface area contributed by atoms with E-state index in [1.165, 1.54) is 0 Å². The van der Waals surface area contributed by atoms with Crippen LogP contribution in [0.1, 0.15) is 6.92 Å². The number of hydrogen-bond donors (Lipinski definition) is 2. The van der Waals surface area contributed by atoms with Crippen LogP contribution in [-0.4, -0.2) is 21.8 Å². The molecule has 0 aliphatic heterocycles. The average molecular weight is 386 g/mol. The highest BCUT2D eigenvalue weighted by Crippen LogP contribution is 2.21. The largest absolute Gasteiger partial charge is 0.494 e. The lowest BCUT2D eigenvalue weighted by Gasteiger charge is -2.08. The lowest BCUT2D eigenvalue weighted by Crippen LogP contribution is -2.02. The second-order valence-electron chi connectivity index (χ2n) is 4.88. The summed E-state index contributed by atoms with van der Waals surface area (Å²) in [6, 6.07) is 15.4. The number of aromatic nitrogens is 3. The van der Waals surface area contributed by atoms with Crippen molar-refractivity contribution in [2.45, 2.75) is 6.92 Å². The lowest BCUT2D eigenvalue weighted by molar-refractivity contribution is 0.340. The first-order chi connectivity index (χ1) is 11.7. The van der Waals surface area contributed by atoms with Crippen molar-refractivity contribution in [1.29, 1.82) is 0 Å². The van der Waals surface area contributed by atoms with Gasteiger partial charge in [0, 0.05) is 15.8 Å². The summed E-state index contributed by atoms with van der Waals surface area (Å²) in [5, 5.41) is 14.3. The highest BCUT2D eigenvalue weighted by atomic mass is 79.9. The monoisotopic (exact) mass is 385 g/mol. The minimum absolute atomic E-state index is 0.416. The molecule has 122 valence electrons. The number of hydrogen-bond acceptors (Lipinski definition) is 6. The van der Waals surface area contributed by atoms with E-state index in [0.717, 1.165) is 21.6 Å². The van der Waals surface area contributed by atoms with Gasteiger partial charge >= 0.3 is 0 Å². The van der Waals surface area contributed by atoms with E-state index < -0.39 is 0 Å². The minimum Gasteiger partial charge on any atom is -0.494 e. The molecule has 3 aromatic rings. The summed E-state index contributed by atoms with van der Waals surface area (Å²) in [5.74, 6) is 1.85. The Morgan fingerprint density at radius 1 is 1.04 bits per heavy atom. The summed E-state index contributed by atoms with van der Waals surface area (Å²) in [6.07, 6.45) is 1.57. The zero-order chi connectivity index (χ0) is 16.8. The van der Waals surface area contributed by atoms with Crippen LogP contribution in [-0.2, 0) is 0 Å². The third-order valence-electron chi connectivity index (χ3n) is 3.08. The van der Waals surface area contributed by atoms with Crippen molar-refractivity contribution < 1.29 is 4.74 Å². The zero-order valence-electron chi connectivity index (χ0n) is 13.0. The van der Waals surface area contributed by atoms with Crippen molar-refractivity contribution in [2.75, 3.05) is 17.2 Å². The van der Waals surface area contributed by atoms with Crippen molar-refractivity contribution >= 4 is 39.1 Å². The molecule has 7 heteroatoms. The summed E-state index contributed by atoms with van der Waals surface area (Å²) < 4.78 is 6.41. The van der Waals surface area contributed by atoms with E-state index in [4.69, 9.17) is 4.74 Å². The fraction of sp³-hybridized carbons (Fsp3) is 0.118. The molecule has 0 fully saturated rings. The Morgan fingerprint density at radius 3 is 2.62 bits per heavy atom. The molecule has 1 aromatic heterocycles. The molecule has 0 saturated heterocycles. The molecule has 2 aromatic carbocycles. The van der Waals surface area contributed by atoms with Gasteiger partial charge in [0.1, 0.15) is 5.75 Å². The summed E-state index contributed by atoms with van der Waals surface area (Å²) in [6.45, 7) is 2.60. The Labute approximate surface area is 148 Å². The SMILES string of the molecule is CCOc1ccc(Nc2nncc(Nc3cccc(Br)c3)n2)cc1. The Hall–Kier alpha value is -2.67. The highest BCUT2D eigenvalue weighted by Gasteiger charge is 2.03. The highest BCUT2D eigenvalue weighted by molar-refractivity contribution is 9.10. The van der Waals surface area contributed by atoms with Crippen molar-refractivity contribution in [3.63, 3.8) is 0 Å². The van der Waals surface area contributed by atoms with E-state index >= 15 is 0 Å². The summed E-state index contributed by atoms with van der Waals surface area (Å²) in [5.41, 5.74) is 1.77. The van der Waals surface area contributed by atoms with E-state index in [2.05, 4.69) is 41.7 Å². The summed E-state index contributed by atoms with van der Waals surface area (Å²) >= 11 is 3.44. The van der Waals surface area contributed by atoms with E-state index in [9.17, 15) is 0 Å². The number of ether oxygens (including phenoxy) is 1. The number of halogens is 1. The maximum Gasteiger partial charge on any atom is 0.249 e. The lowest BCUT2D eigenvalue weighted by atomic mass is 10.3. The Bertz CT molecular complexity index is 810. The van der Waals surface area contributed by atoms with Crippen LogP contribution in [0.3, 0.4) is 0 Å². The van der Waals surface area contributed by atoms with Gasteiger partial charge in [0.2, 0.25) is 5.95 Å². The Morgan fingerprint density at radius 2 is 1.88 bits per heavy atom. The molecule has 0 atom stereocenters. The van der Waals surface area contributed by atoms with Crippen LogP contribution in [0.4, 0.5) is 23.1 Å². The molecule has 0 spiro atoms. The normalized spacial score (nSPS) is 10.2. The molecule has 0 saturated carbocycles. The van der Waals surface area contributed by atoms with Crippen molar-refractivity contribution in [3.8, 4) is 5.75 Å². The number of anilines is 4. The van der Waals surface area contributed by atoms with Gasteiger partial charge in [0.15, 0.2) is 5.82 Å². The van der Waals surface area contributed by atoms with Gasteiger partial charge in [-0.3, -0.25) is 0 Å². The molecule has 0 aliphatic carbocycles. The number of rotatable bonds is 6. The maximum atomic E-state index is 5.42. The van der Waals surface area contributed by atoms with E-state index in [1.807, 2.05) is 55.5 Å². The van der Waals surface area contributed by atoms with Crippen LogP contribution in [0.15, 0.2) is 59.2 Å². The second-order valence-corrected chi connectivity index (χ2v) is 5.80. The zero-order valence-corrected chi connectivity index (χ0v) is 14.6. The van der Waals surface area contributed by atoms with Gasteiger partial charge < -0.3 is 15.4 Å². The van der Waals surface area contributed by atoms with Gasteiger partial charge in [-0.1, -0.05) is 22.0 Å². The van der Waals surface area contributed by atoms with Gasteiger partial charge in [-0.25, -0.2) is 0 Å². The molecule has 2 N–H and O–H groups in total. The molecule has 0 unspecified atom stereocenters. The number of nitrogens with zero attached hydrogens (tertiary/aromatic N) is 3. The molecule has 0 amide bonds. The smallest absolute Gasteiger partial charge is 0.249 e. The van der Waals surface area contributed by atoms with Gasteiger partial charge in [-0.15, -0.1) is 5.10 Å². The first-order valence-corrected chi connectivity index (χ1v) is 8.24.